The Morgan fingerprint density at radius 1 is 0.688 bits per heavy atom. The van der Waals surface area contributed by atoms with Gasteiger partial charge in [-0.1, -0.05) is 53.1 Å². The quantitative estimate of drug-likeness (QED) is 0.715. The second-order valence-corrected chi connectivity index (χ2v) is 16.6. The average Bonchev–Trinajstić information content (AvgIpc) is 2.02. The molecule has 0 aliphatic rings. The molecule has 0 N–H and O–H groups in total. The van der Waals surface area contributed by atoms with Gasteiger partial charge in [0, 0.05) is 0 Å². The number of hydrogen-bond acceptors (Lipinski definition) is 2. The van der Waals surface area contributed by atoms with Crippen LogP contribution in [0.3, 0.4) is 0 Å². The number of rotatable bonds is 4. The van der Waals surface area contributed by atoms with E-state index in [0.717, 1.165) is 0 Å². The van der Waals surface area contributed by atoms with Crippen molar-refractivity contribution in [1.82, 2.24) is 9.13 Å². The highest BCUT2D eigenvalue weighted by molar-refractivity contribution is 6.73. The van der Waals surface area contributed by atoms with Crippen LogP contribution in [0.1, 0.15) is 13.8 Å². The van der Waals surface area contributed by atoms with Crippen molar-refractivity contribution in [1.29, 1.82) is 0 Å². The summed E-state index contributed by atoms with van der Waals surface area (Å²) in [6, 6.07) is 0. The van der Waals surface area contributed by atoms with Crippen molar-refractivity contribution < 1.29 is 0 Å². The molecule has 0 fully saturated rings. The fourth-order valence-electron chi connectivity index (χ4n) is 1.17. The van der Waals surface area contributed by atoms with E-state index in [2.05, 4.69) is 76.4 Å². The zero-order chi connectivity index (χ0) is 13.6. The van der Waals surface area contributed by atoms with E-state index in [4.69, 9.17) is 0 Å². The molecule has 0 radical (unpaired) electrons. The molecule has 0 amide bonds. The predicted molar refractivity (Wildman–Crippen MR) is 83.3 cm³/mol. The highest BCUT2D eigenvalue weighted by atomic mass is 28.3. The molecule has 0 spiro atoms. The molecule has 0 bridgehead atoms. The topological polar surface area (TPSA) is 6.48 Å². The summed E-state index contributed by atoms with van der Waals surface area (Å²) in [5, 5.41) is 0. The summed E-state index contributed by atoms with van der Waals surface area (Å²) in [7, 11) is 2.44. The Morgan fingerprint density at radius 3 is 0.938 bits per heavy atom. The lowest BCUT2D eigenvalue weighted by Gasteiger charge is -2.31. The van der Waals surface area contributed by atoms with Crippen LogP contribution >= 0.6 is 0 Å². The largest absolute Gasteiger partial charge is 0.329 e. The number of hydrogen-bond donors (Lipinski definition) is 0. The summed E-state index contributed by atoms with van der Waals surface area (Å²) in [6.07, 6.45) is 0. The molecule has 0 aliphatic carbocycles. The fraction of sp³-hybridized carbons (Fsp3) is 1.00. The zero-order valence-corrected chi connectivity index (χ0v) is 15.3. The third kappa shape index (κ3) is 9.57. The minimum Gasteiger partial charge on any atom is -0.329 e. The van der Waals surface area contributed by atoms with Crippen LogP contribution in [-0.2, 0) is 0 Å². The average molecular weight is 263 g/mol. The smallest absolute Gasteiger partial charge is 0.119 e. The van der Waals surface area contributed by atoms with Gasteiger partial charge >= 0.3 is 0 Å². The molecule has 0 atom stereocenters. The second-order valence-electron chi connectivity index (χ2n) is 6.41. The predicted octanol–water partition coefficient (Wildman–Crippen LogP) is 3.55. The third-order valence-electron chi connectivity index (χ3n) is 3.05. The van der Waals surface area contributed by atoms with E-state index in [1.165, 1.54) is 13.1 Å². The van der Waals surface area contributed by atoms with Gasteiger partial charge in [0.05, 0.1) is 0 Å². The first kappa shape index (κ1) is 18.7. The molecule has 0 rings (SSSR count). The monoisotopic (exact) mass is 262 g/mol. The molecule has 0 saturated carbocycles. The van der Waals surface area contributed by atoms with Gasteiger partial charge in [0.1, 0.15) is 16.5 Å². The molecule has 0 aromatic carbocycles. The maximum Gasteiger partial charge on any atom is 0.119 e. The second kappa shape index (κ2) is 7.64. The van der Waals surface area contributed by atoms with Crippen molar-refractivity contribution in [2.24, 2.45) is 0 Å². The summed E-state index contributed by atoms with van der Waals surface area (Å²) >= 11 is 0. The molecular formula is C12H34N2Si2. The van der Waals surface area contributed by atoms with E-state index < -0.39 is 16.5 Å². The first-order valence-corrected chi connectivity index (χ1v) is 13.3. The maximum atomic E-state index is 2.58. The van der Waals surface area contributed by atoms with Gasteiger partial charge in [-0.3, -0.25) is 0 Å². The molecule has 0 heterocycles. The van der Waals surface area contributed by atoms with E-state index in [0.29, 0.717) is 0 Å². The molecule has 0 aromatic rings. The molecule has 16 heavy (non-hydrogen) atoms. The molecular weight excluding hydrogens is 228 g/mol. The lowest BCUT2D eigenvalue weighted by Crippen LogP contribution is -2.45. The molecule has 2 nitrogen and oxygen atoms in total. The van der Waals surface area contributed by atoms with Gasteiger partial charge in [-0.25, -0.2) is 0 Å². The van der Waals surface area contributed by atoms with Crippen molar-refractivity contribution >= 4 is 16.5 Å². The summed E-state index contributed by atoms with van der Waals surface area (Å²) in [6.45, 7) is 21.1. The Hall–Kier alpha value is 0.354. The van der Waals surface area contributed by atoms with Crippen LogP contribution in [0.15, 0.2) is 0 Å². The van der Waals surface area contributed by atoms with Crippen LogP contribution in [-0.4, -0.2) is 52.8 Å². The normalized spacial score (nSPS) is 12.8. The first-order valence-electron chi connectivity index (χ1n) is 6.39. The SMILES string of the molecule is CCN(CC)[Si](C)(C)C.CN(C)[Si](C)(C)C. The van der Waals surface area contributed by atoms with Gasteiger partial charge in [-0.05, 0) is 27.2 Å². The van der Waals surface area contributed by atoms with Gasteiger partial charge in [-0.15, -0.1) is 0 Å². The van der Waals surface area contributed by atoms with Crippen molar-refractivity contribution in [3.8, 4) is 0 Å². The van der Waals surface area contributed by atoms with Crippen LogP contribution < -0.4 is 0 Å². The van der Waals surface area contributed by atoms with Crippen molar-refractivity contribution in [2.75, 3.05) is 27.2 Å². The molecule has 0 saturated heterocycles. The summed E-state index contributed by atoms with van der Waals surface area (Å²) in [5.74, 6) is 0. The van der Waals surface area contributed by atoms with Crippen molar-refractivity contribution in [3.05, 3.63) is 0 Å². The van der Waals surface area contributed by atoms with Crippen LogP contribution in [0.2, 0.25) is 39.3 Å². The highest BCUT2D eigenvalue weighted by Crippen LogP contribution is 2.06. The van der Waals surface area contributed by atoms with Gasteiger partial charge in [0.25, 0.3) is 0 Å². The van der Waals surface area contributed by atoms with E-state index in [1.807, 2.05) is 0 Å². The van der Waals surface area contributed by atoms with Crippen LogP contribution in [0, 0.1) is 0 Å². The van der Waals surface area contributed by atoms with E-state index >= 15 is 0 Å². The molecule has 0 aromatic heterocycles. The third-order valence-corrected chi connectivity index (χ3v) is 8.27. The van der Waals surface area contributed by atoms with Crippen molar-refractivity contribution in [3.63, 3.8) is 0 Å². The zero-order valence-electron chi connectivity index (χ0n) is 13.3. The Balaban J connectivity index is 0. The van der Waals surface area contributed by atoms with E-state index in [9.17, 15) is 0 Å². The van der Waals surface area contributed by atoms with Crippen LogP contribution in [0.5, 0.6) is 0 Å². The van der Waals surface area contributed by atoms with Crippen LogP contribution in [0.4, 0.5) is 0 Å². The fourth-order valence-corrected chi connectivity index (χ4v) is 3.07. The Morgan fingerprint density at radius 2 is 0.938 bits per heavy atom. The van der Waals surface area contributed by atoms with E-state index in [1.54, 1.807) is 0 Å². The minimum absolute atomic E-state index is 0.901. The summed E-state index contributed by atoms with van der Waals surface area (Å²) in [5.41, 5.74) is 0. The first-order chi connectivity index (χ1) is 6.96. The lowest BCUT2D eigenvalue weighted by atomic mass is 10.7. The summed E-state index contributed by atoms with van der Waals surface area (Å²) in [4.78, 5) is 0. The standard InChI is InChI=1S/C7H19NSi.C5H15NSi/c1-6-8(7-2)9(3,4)5;1-6(2)7(3,4)5/h6-7H2,1-5H3;1-5H3. The van der Waals surface area contributed by atoms with Gasteiger partial charge in [0.2, 0.25) is 0 Å². The van der Waals surface area contributed by atoms with Crippen LogP contribution in [0.25, 0.3) is 0 Å². The Kier molecular flexibility index (Phi) is 8.93. The minimum atomic E-state index is -0.953. The Labute approximate surface area is 106 Å². The molecule has 0 unspecified atom stereocenters. The van der Waals surface area contributed by atoms with Gasteiger partial charge in [-0.2, -0.15) is 0 Å². The summed E-state index contributed by atoms with van der Waals surface area (Å²) < 4.78 is 4.90. The highest BCUT2D eigenvalue weighted by Gasteiger charge is 2.19. The Bertz CT molecular complexity index is 165. The number of nitrogens with zero attached hydrogens (tertiary/aromatic N) is 2. The molecule has 4 heteroatoms. The lowest BCUT2D eigenvalue weighted by molar-refractivity contribution is 0.470. The van der Waals surface area contributed by atoms with Gasteiger partial charge < -0.3 is 9.13 Å². The molecule has 0 aliphatic heterocycles. The van der Waals surface area contributed by atoms with E-state index in [-0.39, 0.29) is 0 Å². The van der Waals surface area contributed by atoms with Crippen molar-refractivity contribution in [2.45, 2.75) is 53.1 Å². The maximum absolute atomic E-state index is 2.58. The van der Waals surface area contributed by atoms with Gasteiger partial charge in [0.15, 0.2) is 0 Å². The molecule has 100 valence electrons.